The summed E-state index contributed by atoms with van der Waals surface area (Å²) in [6.45, 7) is 0. The molecule has 0 saturated heterocycles. The molecule has 0 spiro atoms. The molecule has 1 aliphatic heterocycles. The Kier molecular flexibility index (Phi) is 4.50. The van der Waals surface area contributed by atoms with Gasteiger partial charge >= 0.3 is 0 Å². The average Bonchev–Trinajstić information content (AvgIpc) is 3.27. The standard InChI is InChI=1S/C29H27N3/c1-31-26-18-9-7-12-20(26)22-14-5-3-4-6-15-23-21-13-8-10-19-27(21)32(2)29(23)25-17-11-16-24(30-25)28(22)31/h3-4,7-13,16-19H,5-6,14-15H2,1-2H3/b4-3+. The van der Waals surface area contributed by atoms with Crippen molar-refractivity contribution in [3.05, 3.63) is 90.0 Å². The van der Waals surface area contributed by atoms with Gasteiger partial charge in [-0.15, -0.1) is 0 Å². The highest BCUT2D eigenvalue weighted by atomic mass is 15.0. The van der Waals surface area contributed by atoms with Gasteiger partial charge in [0.05, 0.1) is 22.8 Å². The van der Waals surface area contributed by atoms with Crippen LogP contribution in [0, 0.1) is 0 Å². The van der Waals surface area contributed by atoms with Gasteiger partial charge in [-0.1, -0.05) is 54.6 Å². The average molecular weight is 418 g/mol. The summed E-state index contributed by atoms with van der Waals surface area (Å²) >= 11 is 0. The number of hydrogen-bond donors (Lipinski definition) is 0. The molecule has 1 aliphatic rings. The van der Waals surface area contributed by atoms with E-state index in [-0.39, 0.29) is 0 Å². The maximum atomic E-state index is 5.27. The molecule has 0 N–H and O–H groups in total. The molecule has 0 aliphatic carbocycles. The van der Waals surface area contributed by atoms with Crippen LogP contribution >= 0.6 is 0 Å². The van der Waals surface area contributed by atoms with Crippen LogP contribution < -0.4 is 0 Å². The number of benzene rings is 2. The van der Waals surface area contributed by atoms with Gasteiger partial charge in [0.1, 0.15) is 0 Å². The Morgan fingerprint density at radius 1 is 0.594 bits per heavy atom. The summed E-state index contributed by atoms with van der Waals surface area (Å²) in [6.07, 6.45) is 8.85. The number of hydrogen-bond acceptors (Lipinski definition) is 1. The van der Waals surface area contributed by atoms with E-state index >= 15 is 0 Å². The number of nitrogens with zero attached hydrogens (tertiary/aromatic N) is 3. The minimum Gasteiger partial charge on any atom is -0.342 e. The van der Waals surface area contributed by atoms with Crippen molar-refractivity contribution in [2.75, 3.05) is 0 Å². The molecule has 0 atom stereocenters. The minimum atomic E-state index is 1.02. The fourth-order valence-corrected chi connectivity index (χ4v) is 5.49. The van der Waals surface area contributed by atoms with Crippen molar-refractivity contribution < 1.29 is 0 Å². The molecular weight excluding hydrogens is 390 g/mol. The van der Waals surface area contributed by atoms with E-state index in [0.717, 1.165) is 37.1 Å². The summed E-state index contributed by atoms with van der Waals surface area (Å²) in [5, 5.41) is 2.68. The highest BCUT2D eigenvalue weighted by molar-refractivity contribution is 5.93. The maximum Gasteiger partial charge on any atom is 0.0877 e. The van der Waals surface area contributed by atoms with E-state index < -0.39 is 0 Å². The van der Waals surface area contributed by atoms with Crippen LogP contribution in [0.15, 0.2) is 78.9 Å². The van der Waals surface area contributed by atoms with Gasteiger partial charge in [-0.3, -0.25) is 0 Å². The number of fused-ring (bicyclic) bond motifs is 10. The van der Waals surface area contributed by atoms with Gasteiger partial charge in [0.25, 0.3) is 0 Å². The second-order valence-electron chi connectivity index (χ2n) is 8.76. The lowest BCUT2D eigenvalue weighted by Crippen LogP contribution is -2.00. The second-order valence-corrected chi connectivity index (χ2v) is 8.76. The van der Waals surface area contributed by atoms with Crippen LogP contribution in [-0.4, -0.2) is 14.1 Å². The van der Waals surface area contributed by atoms with E-state index in [1.165, 1.54) is 44.3 Å². The second kappa shape index (κ2) is 7.52. The van der Waals surface area contributed by atoms with Crippen molar-refractivity contribution >= 4 is 21.8 Å². The Labute approximate surface area is 188 Å². The molecule has 0 unspecified atom stereocenters. The first kappa shape index (κ1) is 19.1. The van der Waals surface area contributed by atoms with Gasteiger partial charge in [0.15, 0.2) is 0 Å². The molecule has 4 heterocycles. The van der Waals surface area contributed by atoms with E-state index in [1.807, 2.05) is 0 Å². The van der Waals surface area contributed by atoms with E-state index in [4.69, 9.17) is 4.98 Å². The van der Waals surface area contributed by atoms with Crippen molar-refractivity contribution in [2.45, 2.75) is 25.7 Å². The summed E-state index contributed by atoms with van der Waals surface area (Å²) in [5.41, 5.74) is 9.91. The summed E-state index contributed by atoms with van der Waals surface area (Å²) in [4.78, 5) is 5.27. The van der Waals surface area contributed by atoms with Crippen LogP contribution in [0.1, 0.15) is 24.0 Å². The van der Waals surface area contributed by atoms with E-state index in [1.54, 1.807) is 0 Å². The molecule has 6 rings (SSSR count). The van der Waals surface area contributed by atoms with E-state index in [0.29, 0.717) is 0 Å². The van der Waals surface area contributed by atoms with Crippen molar-refractivity contribution in [1.82, 2.24) is 14.1 Å². The topological polar surface area (TPSA) is 22.8 Å². The van der Waals surface area contributed by atoms with Crippen LogP contribution in [0.4, 0.5) is 0 Å². The van der Waals surface area contributed by atoms with Gasteiger partial charge in [-0.25, -0.2) is 4.98 Å². The zero-order chi connectivity index (χ0) is 21.7. The molecule has 0 saturated carbocycles. The fraction of sp³-hybridized carbons (Fsp3) is 0.207. The molecule has 2 bridgehead atoms. The third-order valence-electron chi connectivity index (χ3n) is 6.95. The summed E-state index contributed by atoms with van der Waals surface area (Å²) in [6, 6.07) is 24.0. The lowest BCUT2D eigenvalue weighted by atomic mass is 10.0. The lowest BCUT2D eigenvalue weighted by Gasteiger charge is -2.11. The lowest BCUT2D eigenvalue weighted by molar-refractivity contribution is 0.936. The summed E-state index contributed by atoms with van der Waals surface area (Å²) in [7, 11) is 4.34. The molecule has 0 fully saturated rings. The zero-order valence-corrected chi connectivity index (χ0v) is 18.7. The monoisotopic (exact) mass is 417 g/mol. The largest absolute Gasteiger partial charge is 0.342 e. The molecule has 158 valence electrons. The van der Waals surface area contributed by atoms with Gasteiger partial charge in [0.2, 0.25) is 0 Å². The van der Waals surface area contributed by atoms with Gasteiger partial charge in [-0.2, -0.15) is 0 Å². The molecular formula is C29H27N3. The quantitative estimate of drug-likeness (QED) is 0.253. The number of allylic oxidation sites excluding steroid dienone is 2. The van der Waals surface area contributed by atoms with Crippen molar-refractivity contribution in [3.8, 4) is 22.8 Å². The van der Waals surface area contributed by atoms with Crippen LogP contribution in [0.3, 0.4) is 0 Å². The third kappa shape index (κ3) is 2.85. The highest BCUT2D eigenvalue weighted by Gasteiger charge is 2.21. The van der Waals surface area contributed by atoms with Crippen LogP contribution in [0.5, 0.6) is 0 Å². The predicted molar refractivity (Wildman–Crippen MR) is 134 cm³/mol. The number of aryl methyl sites for hydroxylation is 4. The van der Waals surface area contributed by atoms with E-state index in [2.05, 4.69) is 102 Å². The van der Waals surface area contributed by atoms with Crippen LogP contribution in [-0.2, 0) is 26.9 Å². The molecule has 0 radical (unpaired) electrons. The molecule has 5 aromatic rings. The number of rotatable bonds is 0. The van der Waals surface area contributed by atoms with Crippen LogP contribution in [0.2, 0.25) is 0 Å². The Balaban J connectivity index is 1.66. The molecule has 0 amide bonds. The van der Waals surface area contributed by atoms with Gasteiger partial charge < -0.3 is 9.13 Å². The molecule has 2 aromatic carbocycles. The Morgan fingerprint density at radius 3 is 1.56 bits per heavy atom. The van der Waals surface area contributed by atoms with Crippen molar-refractivity contribution in [1.29, 1.82) is 0 Å². The van der Waals surface area contributed by atoms with E-state index in [9.17, 15) is 0 Å². The Hall–Kier alpha value is -3.59. The molecule has 3 heteroatoms. The smallest absolute Gasteiger partial charge is 0.0877 e. The number of aromatic nitrogens is 3. The first-order chi connectivity index (χ1) is 15.7. The van der Waals surface area contributed by atoms with Crippen molar-refractivity contribution in [2.24, 2.45) is 14.1 Å². The van der Waals surface area contributed by atoms with Gasteiger partial charge in [0, 0.05) is 35.9 Å². The first-order valence-electron chi connectivity index (χ1n) is 11.5. The zero-order valence-electron chi connectivity index (χ0n) is 18.7. The maximum absolute atomic E-state index is 5.27. The Bertz CT molecular complexity index is 1390. The SMILES string of the molecule is Cn1c2c(c3ccccc31)CC/C=C/CCc1c(n(C)c3ccccc13)-c1cccc-2n1. The molecule has 32 heavy (non-hydrogen) atoms. The molecule has 3 nitrogen and oxygen atoms in total. The predicted octanol–water partition coefficient (Wildman–Crippen LogP) is 6.83. The van der Waals surface area contributed by atoms with Gasteiger partial charge in [-0.05, 0) is 61.1 Å². The van der Waals surface area contributed by atoms with Crippen LogP contribution in [0.25, 0.3) is 44.6 Å². The molecule has 3 aromatic heterocycles. The highest BCUT2D eigenvalue weighted by Crippen LogP contribution is 2.37. The normalized spacial score (nSPS) is 14.9. The number of para-hydroxylation sites is 2. The van der Waals surface area contributed by atoms with Crippen molar-refractivity contribution in [3.63, 3.8) is 0 Å². The number of pyridine rings is 1. The fourth-order valence-electron chi connectivity index (χ4n) is 5.49. The first-order valence-corrected chi connectivity index (χ1v) is 11.5. The summed E-state index contributed by atoms with van der Waals surface area (Å²) < 4.78 is 4.64. The Morgan fingerprint density at radius 2 is 1.06 bits per heavy atom. The third-order valence-corrected chi connectivity index (χ3v) is 6.95. The summed E-state index contributed by atoms with van der Waals surface area (Å²) in [5.74, 6) is 0. The minimum absolute atomic E-state index is 1.02.